The topological polar surface area (TPSA) is 48.3 Å². The van der Waals surface area contributed by atoms with Crippen molar-refractivity contribution < 1.29 is 9.18 Å². The first-order chi connectivity index (χ1) is 12.2. The van der Waals surface area contributed by atoms with Gasteiger partial charge in [-0.2, -0.15) is 4.99 Å². The first kappa shape index (κ1) is 15.9. The molecule has 0 bridgehead atoms. The van der Waals surface area contributed by atoms with Crippen LogP contribution in [0.4, 0.5) is 10.1 Å². The number of halogens is 1. The van der Waals surface area contributed by atoms with E-state index >= 15 is 0 Å². The molecule has 0 spiro atoms. The van der Waals surface area contributed by atoms with Crippen molar-refractivity contribution in [1.82, 2.24) is 4.90 Å². The number of piperazine rings is 1. The molecule has 1 unspecified atom stereocenters. The number of benzene rings is 1. The number of nitrogens with zero attached hydrogens (tertiary/aromatic N) is 4. The van der Waals surface area contributed by atoms with E-state index in [1.54, 1.807) is 6.07 Å². The van der Waals surface area contributed by atoms with Gasteiger partial charge < -0.3 is 4.90 Å². The van der Waals surface area contributed by atoms with Gasteiger partial charge in [0.15, 0.2) is 0 Å². The predicted octanol–water partition coefficient (Wildman–Crippen LogP) is 2.07. The average molecular weight is 338 g/mol. The molecule has 1 aromatic carbocycles. The Kier molecular flexibility index (Phi) is 4.28. The van der Waals surface area contributed by atoms with E-state index in [-0.39, 0.29) is 17.6 Å². The Labute approximate surface area is 145 Å². The van der Waals surface area contributed by atoms with E-state index in [9.17, 15) is 9.18 Å². The lowest BCUT2D eigenvalue weighted by atomic mass is 9.96. The van der Waals surface area contributed by atoms with E-state index in [4.69, 9.17) is 0 Å². The Morgan fingerprint density at radius 1 is 1.08 bits per heavy atom. The van der Waals surface area contributed by atoms with Gasteiger partial charge in [-0.3, -0.25) is 9.69 Å². The minimum Gasteiger partial charge on any atom is -0.367 e. The van der Waals surface area contributed by atoms with E-state index in [0.717, 1.165) is 31.9 Å². The zero-order chi connectivity index (χ0) is 17.2. The van der Waals surface area contributed by atoms with Gasteiger partial charge in [0.25, 0.3) is 5.91 Å². The second-order valence-electron chi connectivity index (χ2n) is 6.34. The van der Waals surface area contributed by atoms with Crippen LogP contribution in [-0.2, 0) is 4.79 Å². The van der Waals surface area contributed by atoms with Crippen molar-refractivity contribution in [3.8, 4) is 0 Å². The number of aliphatic imine (C=N–C) groups is 2. The minimum absolute atomic E-state index is 0.148. The normalized spacial score (nSPS) is 23.3. The molecule has 1 aliphatic carbocycles. The third-order valence-electron chi connectivity index (χ3n) is 4.69. The second kappa shape index (κ2) is 6.72. The summed E-state index contributed by atoms with van der Waals surface area (Å²) in [7, 11) is 0. The molecule has 128 valence electrons. The van der Waals surface area contributed by atoms with Crippen molar-refractivity contribution >= 4 is 23.1 Å². The molecule has 2 aliphatic heterocycles. The molecule has 1 amide bonds. The highest BCUT2D eigenvalue weighted by atomic mass is 19.1. The van der Waals surface area contributed by atoms with Crippen LogP contribution in [0.3, 0.4) is 0 Å². The van der Waals surface area contributed by atoms with Gasteiger partial charge in [-0.05, 0) is 18.2 Å². The average Bonchev–Trinajstić information content (AvgIpc) is 2.63. The Balaban J connectivity index is 1.39. The van der Waals surface area contributed by atoms with Crippen molar-refractivity contribution in [1.29, 1.82) is 0 Å². The summed E-state index contributed by atoms with van der Waals surface area (Å²) in [5.41, 5.74) is 1.41. The predicted molar refractivity (Wildman–Crippen MR) is 96.7 cm³/mol. The fourth-order valence-electron chi connectivity index (χ4n) is 3.34. The van der Waals surface area contributed by atoms with Crippen LogP contribution in [0.5, 0.6) is 0 Å². The van der Waals surface area contributed by atoms with Crippen LogP contribution in [0, 0.1) is 11.7 Å². The van der Waals surface area contributed by atoms with Crippen molar-refractivity contribution in [3.05, 3.63) is 54.4 Å². The number of anilines is 1. The zero-order valence-corrected chi connectivity index (χ0v) is 13.8. The molecule has 25 heavy (non-hydrogen) atoms. The largest absolute Gasteiger partial charge is 0.367 e. The highest BCUT2D eigenvalue weighted by Crippen LogP contribution is 2.21. The van der Waals surface area contributed by atoms with Crippen LogP contribution in [0.25, 0.3) is 0 Å². The van der Waals surface area contributed by atoms with E-state index in [0.29, 0.717) is 18.1 Å². The van der Waals surface area contributed by atoms with Gasteiger partial charge in [-0.1, -0.05) is 30.4 Å². The fraction of sp³-hybridized carbons (Fsp3) is 0.316. The monoisotopic (exact) mass is 338 g/mol. The first-order valence-corrected chi connectivity index (χ1v) is 8.47. The first-order valence-electron chi connectivity index (χ1n) is 8.47. The summed E-state index contributed by atoms with van der Waals surface area (Å²) in [6, 6.07) is 6.85. The molecule has 5 nitrogen and oxygen atoms in total. The molecular formula is C19H19FN4O. The van der Waals surface area contributed by atoms with E-state index in [2.05, 4.69) is 19.8 Å². The number of amides is 1. The fourth-order valence-corrected chi connectivity index (χ4v) is 3.34. The van der Waals surface area contributed by atoms with Crippen molar-refractivity contribution in [2.75, 3.05) is 37.6 Å². The smallest absolute Gasteiger partial charge is 0.260 e. The third-order valence-corrected chi connectivity index (χ3v) is 4.69. The Hall–Kier alpha value is -2.60. The summed E-state index contributed by atoms with van der Waals surface area (Å²) in [6.45, 7) is 3.59. The number of hydrogen-bond acceptors (Lipinski definition) is 4. The number of hydrogen-bond donors (Lipinski definition) is 0. The Morgan fingerprint density at radius 3 is 2.68 bits per heavy atom. The van der Waals surface area contributed by atoms with Gasteiger partial charge in [0, 0.05) is 26.2 Å². The number of carbonyl (C=O) groups is 1. The molecule has 6 heteroatoms. The Morgan fingerprint density at radius 2 is 1.88 bits per heavy atom. The van der Waals surface area contributed by atoms with Crippen molar-refractivity contribution in [2.24, 2.45) is 15.9 Å². The lowest BCUT2D eigenvalue weighted by Gasteiger charge is -2.36. The quantitative estimate of drug-likeness (QED) is 0.848. The maximum Gasteiger partial charge on any atom is 0.260 e. The molecule has 0 aromatic heterocycles. The van der Waals surface area contributed by atoms with Crippen molar-refractivity contribution in [2.45, 2.75) is 0 Å². The molecule has 1 atom stereocenters. The maximum atomic E-state index is 13.9. The molecule has 2 heterocycles. The SMILES string of the molecule is O=C1N=C(CN2CCN(c3ccccc3F)CC2)N=C2C=CC=CC12. The van der Waals surface area contributed by atoms with Gasteiger partial charge in [0.1, 0.15) is 17.6 Å². The minimum atomic E-state index is -0.327. The standard InChI is InChI=1S/C19H19FN4O/c20-15-6-2-4-8-17(15)24-11-9-23(10-12-24)13-18-21-16-7-3-1-5-14(16)19(25)22-18/h1-8,14H,9-13H2. The van der Waals surface area contributed by atoms with Crippen molar-refractivity contribution in [3.63, 3.8) is 0 Å². The lowest BCUT2D eigenvalue weighted by Crippen LogP contribution is -2.48. The van der Waals surface area contributed by atoms with E-state index in [1.165, 1.54) is 6.07 Å². The number of amidine groups is 1. The molecule has 0 radical (unpaired) electrons. The van der Waals surface area contributed by atoms with Gasteiger partial charge in [-0.25, -0.2) is 9.38 Å². The molecular weight excluding hydrogens is 319 g/mol. The van der Waals surface area contributed by atoms with Gasteiger partial charge in [-0.15, -0.1) is 0 Å². The van der Waals surface area contributed by atoms with Gasteiger partial charge in [0.05, 0.1) is 17.9 Å². The lowest BCUT2D eigenvalue weighted by molar-refractivity contribution is -0.118. The van der Waals surface area contributed by atoms with Crippen LogP contribution in [0.2, 0.25) is 0 Å². The van der Waals surface area contributed by atoms with Crippen LogP contribution >= 0.6 is 0 Å². The van der Waals surface area contributed by atoms with Gasteiger partial charge in [0.2, 0.25) is 0 Å². The highest BCUT2D eigenvalue weighted by Gasteiger charge is 2.27. The highest BCUT2D eigenvalue weighted by molar-refractivity contribution is 6.21. The van der Waals surface area contributed by atoms with Crippen LogP contribution < -0.4 is 4.90 Å². The zero-order valence-electron chi connectivity index (χ0n) is 13.8. The molecule has 3 aliphatic rings. The Bertz CT molecular complexity index is 803. The molecule has 0 N–H and O–H groups in total. The van der Waals surface area contributed by atoms with Gasteiger partial charge >= 0.3 is 0 Å². The molecule has 1 aromatic rings. The number of carbonyl (C=O) groups excluding carboxylic acids is 1. The van der Waals surface area contributed by atoms with E-state index < -0.39 is 0 Å². The van der Waals surface area contributed by atoms with Crippen LogP contribution in [0.15, 0.2) is 58.6 Å². The summed E-state index contributed by atoms with van der Waals surface area (Å²) in [4.78, 5) is 25.1. The number of rotatable bonds is 3. The van der Waals surface area contributed by atoms with E-state index in [1.807, 2.05) is 36.4 Å². The summed E-state index contributed by atoms with van der Waals surface area (Å²) in [5.74, 6) is -0.0967. The number of fused-ring (bicyclic) bond motifs is 1. The number of para-hydroxylation sites is 1. The molecule has 1 fully saturated rings. The third kappa shape index (κ3) is 3.30. The van der Waals surface area contributed by atoms with Crippen LogP contribution in [0.1, 0.15) is 0 Å². The summed E-state index contributed by atoms with van der Waals surface area (Å²) >= 11 is 0. The second-order valence-corrected chi connectivity index (χ2v) is 6.34. The van der Waals surface area contributed by atoms with Crippen LogP contribution in [-0.4, -0.2) is 55.1 Å². The molecule has 0 saturated carbocycles. The molecule has 4 rings (SSSR count). The maximum absolute atomic E-state index is 13.9. The summed E-state index contributed by atoms with van der Waals surface area (Å²) < 4.78 is 13.9. The summed E-state index contributed by atoms with van der Waals surface area (Å²) in [5, 5.41) is 0. The summed E-state index contributed by atoms with van der Waals surface area (Å²) in [6.07, 6.45) is 7.44. The number of allylic oxidation sites excluding steroid dienone is 3. The molecule has 1 saturated heterocycles.